The number of nitrogens with one attached hydrogen (secondary N) is 1. The number of hydrogen-bond donors (Lipinski definition) is 1. The molecular weight excluding hydrogens is 586 g/mol. The van der Waals surface area contributed by atoms with Gasteiger partial charge in [0.1, 0.15) is 44.1 Å². The third-order valence-electron chi connectivity index (χ3n) is 5.97. The van der Waals surface area contributed by atoms with E-state index in [1.807, 2.05) is 60.7 Å². The molecule has 0 radical (unpaired) electrons. The van der Waals surface area contributed by atoms with Crippen LogP contribution in [0.3, 0.4) is 0 Å². The Bertz CT molecular complexity index is 1550. The van der Waals surface area contributed by atoms with Crippen LogP contribution in [0.5, 0.6) is 11.5 Å². The SMILES string of the molecule is C=CC(=O)OCCOc1ccc(/N=N/c2ccc(/C=C/c3ccc(/N=N/c4ccc(OCCOC(=O)C=N)cc4)cc3)cc2)cc1. The lowest BCUT2D eigenvalue weighted by atomic mass is 10.1. The molecule has 0 heterocycles. The third kappa shape index (κ3) is 11.5. The normalized spacial score (nSPS) is 11.0. The van der Waals surface area contributed by atoms with Gasteiger partial charge in [-0.3, -0.25) is 0 Å². The Morgan fingerprint density at radius 3 is 1.24 bits per heavy atom. The van der Waals surface area contributed by atoms with Crippen molar-refractivity contribution in [2.45, 2.75) is 0 Å². The molecule has 46 heavy (non-hydrogen) atoms. The molecule has 0 aliphatic carbocycles. The molecule has 0 atom stereocenters. The molecule has 0 saturated carbocycles. The highest BCUT2D eigenvalue weighted by molar-refractivity contribution is 6.21. The van der Waals surface area contributed by atoms with Crippen LogP contribution >= 0.6 is 0 Å². The first-order valence-corrected chi connectivity index (χ1v) is 14.1. The molecule has 11 nitrogen and oxygen atoms in total. The van der Waals surface area contributed by atoms with Crippen molar-refractivity contribution in [3.63, 3.8) is 0 Å². The summed E-state index contributed by atoms with van der Waals surface area (Å²) in [6.07, 6.45) is 5.74. The van der Waals surface area contributed by atoms with Gasteiger partial charge in [0, 0.05) is 6.08 Å². The van der Waals surface area contributed by atoms with Crippen molar-refractivity contribution in [3.8, 4) is 11.5 Å². The van der Waals surface area contributed by atoms with Gasteiger partial charge >= 0.3 is 11.9 Å². The number of esters is 2. The lowest BCUT2D eigenvalue weighted by Gasteiger charge is -2.06. The van der Waals surface area contributed by atoms with E-state index in [0.29, 0.717) is 34.8 Å². The molecule has 0 bridgehead atoms. The second-order valence-corrected chi connectivity index (χ2v) is 9.28. The highest BCUT2D eigenvalue weighted by Gasteiger charge is 2.00. The van der Waals surface area contributed by atoms with Gasteiger partial charge in [0.05, 0.1) is 22.7 Å². The molecule has 4 rings (SSSR count). The van der Waals surface area contributed by atoms with Crippen molar-refractivity contribution in [1.82, 2.24) is 0 Å². The van der Waals surface area contributed by atoms with Crippen molar-refractivity contribution in [2.24, 2.45) is 20.5 Å². The van der Waals surface area contributed by atoms with Crippen LogP contribution < -0.4 is 9.47 Å². The number of hydrogen-bond acceptors (Lipinski definition) is 11. The summed E-state index contributed by atoms with van der Waals surface area (Å²) in [5, 5.41) is 23.9. The molecule has 1 N–H and O–H groups in total. The average Bonchev–Trinajstić information content (AvgIpc) is 3.11. The molecule has 232 valence electrons. The minimum atomic E-state index is -0.702. The van der Waals surface area contributed by atoms with Gasteiger partial charge < -0.3 is 24.4 Å². The van der Waals surface area contributed by atoms with Crippen molar-refractivity contribution in [2.75, 3.05) is 26.4 Å². The maximum Gasteiger partial charge on any atom is 0.348 e. The highest BCUT2D eigenvalue weighted by atomic mass is 16.6. The Labute approximate surface area is 266 Å². The van der Waals surface area contributed by atoms with Crippen molar-refractivity contribution in [1.29, 1.82) is 5.41 Å². The monoisotopic (exact) mass is 617 g/mol. The third-order valence-corrected chi connectivity index (χ3v) is 5.97. The molecule has 4 aromatic rings. The molecule has 0 spiro atoms. The standard InChI is InChI=1S/C35H31N5O6/c1-2-34(41)45-23-21-43-32-17-13-30(14-18-32)39-37-28-9-5-26(6-10-28)3-4-27-7-11-29(12-8-27)38-40-31-15-19-33(20-16-31)44-22-24-46-35(42)25-36/h2-20,25,36H,1,21-24H2/b4-3+,36-25?,39-37+,40-38+. The number of carbonyl (C=O) groups is 2. The Kier molecular flexibility index (Phi) is 12.6. The van der Waals surface area contributed by atoms with Gasteiger partial charge in [-0.15, -0.1) is 0 Å². The summed E-state index contributed by atoms with van der Waals surface area (Å²) in [6.45, 7) is 3.98. The fourth-order valence-corrected chi connectivity index (χ4v) is 3.65. The average molecular weight is 618 g/mol. The predicted octanol–water partition coefficient (Wildman–Crippen LogP) is 8.37. The van der Waals surface area contributed by atoms with E-state index < -0.39 is 11.9 Å². The van der Waals surface area contributed by atoms with Crippen LogP contribution in [0.1, 0.15) is 11.1 Å². The smallest absolute Gasteiger partial charge is 0.348 e. The first-order valence-electron chi connectivity index (χ1n) is 14.1. The first kappa shape index (κ1) is 32.7. The molecule has 0 saturated heterocycles. The minimum absolute atomic E-state index is 0.0658. The fourth-order valence-electron chi connectivity index (χ4n) is 3.65. The summed E-state index contributed by atoms with van der Waals surface area (Å²) in [6, 6.07) is 29.6. The predicted molar refractivity (Wildman–Crippen MR) is 175 cm³/mol. The Morgan fingerprint density at radius 1 is 0.543 bits per heavy atom. The second-order valence-electron chi connectivity index (χ2n) is 9.28. The van der Waals surface area contributed by atoms with E-state index in [-0.39, 0.29) is 26.4 Å². The van der Waals surface area contributed by atoms with Crippen molar-refractivity contribution in [3.05, 3.63) is 121 Å². The van der Waals surface area contributed by atoms with E-state index in [9.17, 15) is 9.59 Å². The van der Waals surface area contributed by atoms with E-state index in [4.69, 9.17) is 24.4 Å². The van der Waals surface area contributed by atoms with Gasteiger partial charge in [-0.05, 0) is 83.9 Å². The van der Waals surface area contributed by atoms with E-state index in [0.717, 1.165) is 22.9 Å². The van der Waals surface area contributed by atoms with Gasteiger partial charge in [0.2, 0.25) is 0 Å². The Balaban J connectivity index is 1.21. The molecule has 0 aromatic heterocycles. The lowest BCUT2D eigenvalue weighted by Crippen LogP contribution is -2.12. The summed E-state index contributed by atoms with van der Waals surface area (Å²) in [5.41, 5.74) is 4.82. The number of rotatable bonds is 16. The summed E-state index contributed by atoms with van der Waals surface area (Å²) in [7, 11) is 0. The molecular formula is C35H31N5O6. The largest absolute Gasteiger partial charge is 0.490 e. The first-order chi connectivity index (χ1) is 22.5. The number of azo groups is 2. The minimum Gasteiger partial charge on any atom is -0.490 e. The quantitative estimate of drug-likeness (QED) is 0.0334. The highest BCUT2D eigenvalue weighted by Crippen LogP contribution is 2.24. The van der Waals surface area contributed by atoms with Crippen LogP contribution in [0.4, 0.5) is 22.7 Å². The van der Waals surface area contributed by atoms with Crippen LogP contribution in [0, 0.1) is 5.41 Å². The Hall–Kier alpha value is -6.23. The number of ether oxygens (including phenoxy) is 4. The molecule has 0 unspecified atom stereocenters. The van der Waals surface area contributed by atoms with Crippen molar-refractivity contribution >= 4 is 53.1 Å². The summed E-state index contributed by atoms with van der Waals surface area (Å²) >= 11 is 0. The van der Waals surface area contributed by atoms with E-state index >= 15 is 0 Å². The maximum absolute atomic E-state index is 11.0. The van der Waals surface area contributed by atoms with Crippen LogP contribution in [0.15, 0.2) is 130 Å². The lowest BCUT2D eigenvalue weighted by molar-refractivity contribution is -0.138. The van der Waals surface area contributed by atoms with Crippen LogP contribution in [-0.2, 0) is 19.1 Å². The van der Waals surface area contributed by atoms with Crippen LogP contribution in [-0.4, -0.2) is 44.6 Å². The van der Waals surface area contributed by atoms with Gasteiger partial charge in [-0.1, -0.05) is 43.0 Å². The van der Waals surface area contributed by atoms with Gasteiger partial charge in [0.15, 0.2) is 0 Å². The summed E-state index contributed by atoms with van der Waals surface area (Å²) < 4.78 is 20.6. The fraction of sp³-hybridized carbons (Fsp3) is 0.114. The van der Waals surface area contributed by atoms with E-state index in [1.165, 1.54) is 0 Å². The molecule has 4 aromatic carbocycles. The number of carbonyl (C=O) groups excluding carboxylic acids is 2. The Morgan fingerprint density at radius 2 is 0.891 bits per heavy atom. The van der Waals surface area contributed by atoms with Gasteiger partial charge in [-0.2, -0.15) is 20.5 Å². The van der Waals surface area contributed by atoms with Crippen LogP contribution in [0.2, 0.25) is 0 Å². The molecule has 0 amide bonds. The van der Waals surface area contributed by atoms with Crippen LogP contribution in [0.25, 0.3) is 12.2 Å². The zero-order valence-corrected chi connectivity index (χ0v) is 24.8. The number of benzene rings is 4. The molecule has 0 aliphatic rings. The maximum atomic E-state index is 11.0. The van der Waals surface area contributed by atoms with Crippen molar-refractivity contribution < 1.29 is 28.5 Å². The summed E-state index contributed by atoms with van der Waals surface area (Å²) in [5.74, 6) is 0.0620. The van der Waals surface area contributed by atoms with Gasteiger partial charge in [-0.25, -0.2) is 9.59 Å². The topological polar surface area (TPSA) is 144 Å². The van der Waals surface area contributed by atoms with E-state index in [2.05, 4.69) is 27.0 Å². The number of nitrogens with zero attached hydrogens (tertiary/aromatic N) is 4. The molecule has 0 fully saturated rings. The van der Waals surface area contributed by atoms with E-state index in [1.54, 1.807) is 48.5 Å². The van der Waals surface area contributed by atoms with Gasteiger partial charge in [0.25, 0.3) is 0 Å². The molecule has 11 heteroatoms. The zero-order valence-electron chi connectivity index (χ0n) is 24.8. The second kappa shape index (κ2) is 17.8. The molecule has 0 aliphatic heterocycles. The zero-order chi connectivity index (χ0) is 32.4. The summed E-state index contributed by atoms with van der Waals surface area (Å²) in [4.78, 5) is 21.9.